The Balaban J connectivity index is 1.41. The first-order chi connectivity index (χ1) is 20.7. The van der Waals surface area contributed by atoms with Crippen LogP contribution in [0.2, 0.25) is 0 Å². The third-order valence-electron chi connectivity index (χ3n) is 7.37. The van der Waals surface area contributed by atoms with Crippen molar-refractivity contribution in [1.29, 1.82) is 0 Å². The first kappa shape index (κ1) is 30.2. The minimum Gasteiger partial charge on any atom is -0.462 e. The number of carbonyl (C=O) groups excluding carboxylic acids is 1. The smallest absolute Gasteiger partial charge is 0.410 e. The number of fused-ring (bicyclic) bond motifs is 1. The highest BCUT2D eigenvalue weighted by atomic mass is 16.6. The second kappa shape index (κ2) is 13.4. The monoisotopic (exact) mass is 583 g/mol. The maximum Gasteiger partial charge on any atom is 0.410 e. The second-order valence-corrected chi connectivity index (χ2v) is 11.8. The van der Waals surface area contributed by atoms with Gasteiger partial charge in [0.2, 0.25) is 0 Å². The zero-order chi connectivity index (χ0) is 30.4. The molecule has 1 saturated heterocycles. The summed E-state index contributed by atoms with van der Waals surface area (Å²) in [6.07, 6.45) is 9.15. The van der Waals surface area contributed by atoms with E-state index in [2.05, 4.69) is 59.4 Å². The van der Waals surface area contributed by atoms with E-state index >= 15 is 0 Å². The highest BCUT2D eigenvalue weighted by molar-refractivity contribution is 6.00. The van der Waals surface area contributed by atoms with Gasteiger partial charge in [0.1, 0.15) is 12.2 Å². The van der Waals surface area contributed by atoms with Gasteiger partial charge in [0.15, 0.2) is 6.23 Å². The topological polar surface area (TPSA) is 91.6 Å². The fraction of sp³-hybridized carbons (Fsp3) is 0.412. The maximum absolute atomic E-state index is 12.2. The molecule has 5 rings (SSSR count). The molecule has 0 aliphatic carbocycles. The molecular formula is C34H41N5O4. The maximum atomic E-state index is 12.2. The van der Waals surface area contributed by atoms with E-state index < -0.39 is 11.7 Å². The van der Waals surface area contributed by atoms with Gasteiger partial charge in [0, 0.05) is 37.0 Å². The third kappa shape index (κ3) is 7.40. The zero-order valence-corrected chi connectivity index (χ0v) is 25.7. The lowest BCUT2D eigenvalue weighted by Gasteiger charge is -2.24. The van der Waals surface area contributed by atoms with Gasteiger partial charge in [-0.05, 0) is 80.9 Å². The predicted molar refractivity (Wildman–Crippen MR) is 168 cm³/mol. The minimum atomic E-state index is -0.553. The van der Waals surface area contributed by atoms with Crippen molar-refractivity contribution in [3.8, 4) is 6.01 Å². The highest BCUT2D eigenvalue weighted by Gasteiger charge is 2.21. The molecule has 1 atom stereocenters. The van der Waals surface area contributed by atoms with Crippen molar-refractivity contribution >= 4 is 28.1 Å². The number of carbonyl (C=O) groups is 1. The average Bonchev–Trinajstić information content (AvgIpc) is 3.43. The van der Waals surface area contributed by atoms with Gasteiger partial charge in [0.05, 0.1) is 18.3 Å². The Morgan fingerprint density at radius 3 is 2.47 bits per heavy atom. The number of aromatic nitrogens is 4. The minimum absolute atomic E-state index is 0.0208. The van der Waals surface area contributed by atoms with Crippen molar-refractivity contribution in [3.63, 3.8) is 0 Å². The molecule has 1 fully saturated rings. The quantitative estimate of drug-likeness (QED) is 0.193. The van der Waals surface area contributed by atoms with E-state index in [0.29, 0.717) is 6.54 Å². The van der Waals surface area contributed by atoms with E-state index in [-0.39, 0.29) is 18.8 Å². The molecule has 2 aromatic carbocycles. The molecule has 9 nitrogen and oxygen atoms in total. The number of hydrogen-bond acceptors (Lipinski definition) is 7. The Bertz CT molecular complexity index is 1550. The van der Waals surface area contributed by atoms with Gasteiger partial charge >= 0.3 is 12.1 Å². The first-order valence-electron chi connectivity index (χ1n) is 15.0. The summed E-state index contributed by atoms with van der Waals surface area (Å²) in [7, 11) is 1.68. The van der Waals surface area contributed by atoms with Crippen LogP contribution in [0, 0.1) is 0 Å². The van der Waals surface area contributed by atoms with Gasteiger partial charge < -0.3 is 19.1 Å². The first-order valence-corrected chi connectivity index (χ1v) is 15.0. The summed E-state index contributed by atoms with van der Waals surface area (Å²) >= 11 is 0. The summed E-state index contributed by atoms with van der Waals surface area (Å²) < 4.78 is 19.2. The normalized spacial score (nSPS) is 16.1. The number of amides is 1. The lowest BCUT2D eigenvalue weighted by Crippen LogP contribution is -2.36. The molecule has 0 radical (unpaired) electrons. The summed E-state index contributed by atoms with van der Waals surface area (Å²) in [6, 6.07) is 17.1. The van der Waals surface area contributed by atoms with Gasteiger partial charge in [-0.3, -0.25) is 0 Å². The lowest BCUT2D eigenvalue weighted by molar-refractivity contribution is -0.0366. The molecule has 4 aromatic rings. The van der Waals surface area contributed by atoms with Crippen LogP contribution in [0.3, 0.4) is 0 Å². The van der Waals surface area contributed by atoms with Crippen molar-refractivity contribution < 1.29 is 19.0 Å². The van der Waals surface area contributed by atoms with E-state index in [4.69, 9.17) is 19.3 Å². The van der Waals surface area contributed by atoms with Crippen LogP contribution in [0.1, 0.15) is 76.3 Å². The summed E-state index contributed by atoms with van der Waals surface area (Å²) in [5.74, 6) is 0. The molecule has 0 saturated carbocycles. The largest absolute Gasteiger partial charge is 0.462 e. The Morgan fingerprint density at radius 1 is 1.02 bits per heavy atom. The molecular weight excluding hydrogens is 542 g/mol. The van der Waals surface area contributed by atoms with Crippen molar-refractivity contribution in [1.82, 2.24) is 24.6 Å². The van der Waals surface area contributed by atoms with Crippen LogP contribution >= 0.6 is 0 Å². The van der Waals surface area contributed by atoms with Crippen LogP contribution < -0.4 is 4.74 Å². The Kier molecular flexibility index (Phi) is 9.40. The SMILES string of the molecule is CC/C(=C(/c1cnc(OCCN(C)C(=O)OC(C)(C)C)nc1)c1ccc2c(cnn2C2CCCCO2)c1)c1ccccc1. The number of ether oxygens (including phenoxy) is 3. The van der Waals surface area contributed by atoms with E-state index in [9.17, 15) is 4.79 Å². The van der Waals surface area contributed by atoms with E-state index in [1.165, 1.54) is 10.5 Å². The number of rotatable bonds is 9. The van der Waals surface area contributed by atoms with Crippen LogP contribution in [0.5, 0.6) is 6.01 Å². The zero-order valence-electron chi connectivity index (χ0n) is 25.7. The van der Waals surface area contributed by atoms with Crippen LogP contribution in [0.25, 0.3) is 22.0 Å². The van der Waals surface area contributed by atoms with Crippen LogP contribution in [-0.4, -0.2) is 63.1 Å². The number of hydrogen-bond donors (Lipinski definition) is 0. The third-order valence-corrected chi connectivity index (χ3v) is 7.37. The second-order valence-electron chi connectivity index (χ2n) is 11.8. The van der Waals surface area contributed by atoms with Crippen molar-refractivity contribution in [3.05, 3.63) is 83.8 Å². The van der Waals surface area contributed by atoms with Gasteiger partial charge in [-0.25, -0.2) is 19.4 Å². The Labute approximate surface area is 253 Å². The standard InChI is InChI=1S/C34H41N5O4/c1-6-28(24-12-8-7-9-13-24)31(25-15-16-29-26(20-25)23-37-39(29)30-14-10-11-18-41-30)27-21-35-32(36-22-27)42-19-17-38(5)33(40)43-34(2,3)4/h7-9,12-13,15-16,20-23,30H,6,10-11,14,17-19H2,1-5H3/b31-28-. The van der Waals surface area contributed by atoms with Crippen LogP contribution in [-0.2, 0) is 9.47 Å². The predicted octanol–water partition coefficient (Wildman–Crippen LogP) is 7.14. The van der Waals surface area contributed by atoms with Crippen LogP contribution in [0.4, 0.5) is 4.79 Å². The van der Waals surface area contributed by atoms with Gasteiger partial charge in [-0.15, -0.1) is 0 Å². The molecule has 1 amide bonds. The molecule has 1 aliphatic heterocycles. The number of likely N-dealkylation sites (N-methyl/N-ethyl adjacent to an activating group) is 1. The number of benzene rings is 2. The summed E-state index contributed by atoms with van der Waals surface area (Å²) in [5, 5.41) is 5.76. The summed E-state index contributed by atoms with van der Waals surface area (Å²) in [4.78, 5) is 22.8. The molecule has 3 heterocycles. The van der Waals surface area contributed by atoms with Crippen molar-refractivity contribution in [2.24, 2.45) is 0 Å². The number of nitrogens with zero attached hydrogens (tertiary/aromatic N) is 5. The molecule has 1 unspecified atom stereocenters. The van der Waals surface area contributed by atoms with E-state index in [1.54, 1.807) is 19.4 Å². The lowest BCUT2D eigenvalue weighted by atomic mass is 9.89. The molecule has 2 aromatic heterocycles. The van der Waals surface area contributed by atoms with Crippen LogP contribution in [0.15, 0.2) is 67.1 Å². The fourth-order valence-electron chi connectivity index (χ4n) is 5.26. The highest BCUT2D eigenvalue weighted by Crippen LogP contribution is 2.36. The number of allylic oxidation sites excluding steroid dienone is 1. The molecule has 0 N–H and O–H groups in total. The Hall–Kier alpha value is -4.24. The molecule has 9 heteroatoms. The average molecular weight is 584 g/mol. The van der Waals surface area contributed by atoms with Crippen molar-refractivity contribution in [2.75, 3.05) is 26.8 Å². The Morgan fingerprint density at radius 2 is 1.79 bits per heavy atom. The summed E-state index contributed by atoms with van der Waals surface area (Å²) in [5.41, 5.74) is 5.87. The van der Waals surface area contributed by atoms with Gasteiger partial charge in [-0.2, -0.15) is 5.10 Å². The molecule has 1 aliphatic rings. The van der Waals surface area contributed by atoms with E-state index in [1.807, 2.05) is 37.7 Å². The molecule has 0 spiro atoms. The van der Waals surface area contributed by atoms with Crippen molar-refractivity contribution in [2.45, 2.75) is 65.2 Å². The molecule has 43 heavy (non-hydrogen) atoms. The fourth-order valence-corrected chi connectivity index (χ4v) is 5.26. The summed E-state index contributed by atoms with van der Waals surface area (Å²) in [6.45, 7) is 9.05. The van der Waals surface area contributed by atoms with Gasteiger partial charge in [0.25, 0.3) is 0 Å². The molecule has 226 valence electrons. The molecule has 0 bridgehead atoms. The van der Waals surface area contributed by atoms with Gasteiger partial charge in [-0.1, -0.05) is 43.3 Å². The van der Waals surface area contributed by atoms with E-state index in [0.717, 1.165) is 65.5 Å².